The number of ether oxygens (including phenoxy) is 1. The van der Waals surface area contributed by atoms with Gasteiger partial charge in [0.2, 0.25) is 5.91 Å². The largest absolute Gasteiger partial charge is 0.468 e. The number of hydrogen-bond acceptors (Lipinski definition) is 4. The van der Waals surface area contributed by atoms with Gasteiger partial charge in [-0.05, 0) is 24.0 Å². The SMILES string of the molecule is C=C[C@@H]1C[C@]2(C(=O)OC)C(=O)Nc3ccccc3[C@@H]2[C@H]1N. The van der Waals surface area contributed by atoms with Gasteiger partial charge in [0.25, 0.3) is 0 Å². The standard InChI is InChI=1S/C16H18N2O3/c1-3-9-8-16(15(20)21-2)12(13(9)17)10-6-4-5-7-11(10)18-14(16)19/h3-7,9,12-13H,1,8,17H2,2H3,(H,18,19)/t9-,12-,13+,16-/m1/s1. The number of anilines is 1. The first-order valence-electron chi connectivity index (χ1n) is 6.93. The van der Waals surface area contributed by atoms with Crippen LogP contribution in [0.4, 0.5) is 5.69 Å². The van der Waals surface area contributed by atoms with E-state index in [4.69, 9.17) is 10.5 Å². The Morgan fingerprint density at radius 1 is 1.52 bits per heavy atom. The van der Waals surface area contributed by atoms with E-state index in [0.717, 1.165) is 5.56 Å². The predicted molar refractivity (Wildman–Crippen MR) is 78.5 cm³/mol. The lowest BCUT2D eigenvalue weighted by molar-refractivity contribution is -0.158. The van der Waals surface area contributed by atoms with Crippen molar-refractivity contribution in [1.82, 2.24) is 0 Å². The lowest BCUT2D eigenvalue weighted by Gasteiger charge is -2.38. The van der Waals surface area contributed by atoms with E-state index in [-0.39, 0.29) is 17.9 Å². The third-order valence-corrected chi connectivity index (χ3v) is 4.77. The van der Waals surface area contributed by atoms with Gasteiger partial charge in [0, 0.05) is 17.6 Å². The van der Waals surface area contributed by atoms with Crippen LogP contribution in [0.5, 0.6) is 0 Å². The number of amides is 1. The number of rotatable bonds is 2. The molecule has 5 nitrogen and oxygen atoms in total. The zero-order chi connectivity index (χ0) is 15.2. The van der Waals surface area contributed by atoms with Gasteiger partial charge in [-0.15, -0.1) is 6.58 Å². The Bertz CT molecular complexity index is 628. The highest BCUT2D eigenvalue weighted by atomic mass is 16.5. The first kappa shape index (κ1) is 13.8. The number of nitrogens with two attached hydrogens (primary N) is 1. The molecule has 0 saturated heterocycles. The number of fused-ring (bicyclic) bond motifs is 3. The number of methoxy groups -OCH3 is 1. The molecule has 1 amide bonds. The van der Waals surface area contributed by atoms with Gasteiger partial charge in [0.05, 0.1) is 7.11 Å². The van der Waals surface area contributed by atoms with E-state index in [1.54, 1.807) is 6.08 Å². The molecular weight excluding hydrogens is 268 g/mol. The number of benzene rings is 1. The molecule has 1 aromatic carbocycles. The fourth-order valence-corrected chi connectivity index (χ4v) is 3.76. The summed E-state index contributed by atoms with van der Waals surface area (Å²) >= 11 is 0. The van der Waals surface area contributed by atoms with Crippen molar-refractivity contribution in [3.05, 3.63) is 42.5 Å². The van der Waals surface area contributed by atoms with Crippen molar-refractivity contribution >= 4 is 17.6 Å². The van der Waals surface area contributed by atoms with Crippen molar-refractivity contribution in [1.29, 1.82) is 0 Å². The van der Waals surface area contributed by atoms with Crippen LogP contribution in [0.25, 0.3) is 0 Å². The number of carbonyl (C=O) groups is 2. The van der Waals surface area contributed by atoms with Gasteiger partial charge in [-0.1, -0.05) is 24.3 Å². The van der Waals surface area contributed by atoms with Crippen molar-refractivity contribution in [3.8, 4) is 0 Å². The molecule has 0 aromatic heterocycles. The molecule has 0 unspecified atom stereocenters. The van der Waals surface area contributed by atoms with Crippen LogP contribution >= 0.6 is 0 Å². The maximum Gasteiger partial charge on any atom is 0.322 e. The Morgan fingerprint density at radius 2 is 2.24 bits per heavy atom. The van der Waals surface area contributed by atoms with Crippen molar-refractivity contribution in [2.24, 2.45) is 17.1 Å². The second-order valence-corrected chi connectivity index (χ2v) is 5.66. The third-order valence-electron chi connectivity index (χ3n) is 4.77. The molecule has 1 fully saturated rings. The highest BCUT2D eigenvalue weighted by molar-refractivity contribution is 6.12. The second kappa shape index (κ2) is 4.70. The van der Waals surface area contributed by atoms with Crippen LogP contribution in [0.1, 0.15) is 17.9 Å². The summed E-state index contributed by atoms with van der Waals surface area (Å²) < 4.78 is 4.93. The van der Waals surface area contributed by atoms with Crippen LogP contribution in [-0.4, -0.2) is 25.0 Å². The van der Waals surface area contributed by atoms with E-state index in [1.807, 2.05) is 24.3 Å². The minimum absolute atomic E-state index is 0.106. The van der Waals surface area contributed by atoms with Crippen LogP contribution in [0, 0.1) is 11.3 Å². The molecule has 1 aliphatic heterocycles. The van der Waals surface area contributed by atoms with Crippen LogP contribution in [0.3, 0.4) is 0 Å². The molecule has 1 aromatic rings. The highest BCUT2D eigenvalue weighted by Crippen LogP contribution is 2.56. The molecule has 0 spiro atoms. The Kier molecular flexibility index (Phi) is 3.10. The fraction of sp³-hybridized carbons (Fsp3) is 0.375. The van der Waals surface area contributed by atoms with Crippen molar-refractivity contribution in [3.63, 3.8) is 0 Å². The summed E-state index contributed by atoms with van der Waals surface area (Å²) in [5, 5.41) is 2.82. The van der Waals surface area contributed by atoms with E-state index in [0.29, 0.717) is 12.1 Å². The van der Waals surface area contributed by atoms with E-state index >= 15 is 0 Å². The molecule has 0 radical (unpaired) electrons. The monoisotopic (exact) mass is 286 g/mol. The molecule has 0 bridgehead atoms. The van der Waals surface area contributed by atoms with Gasteiger partial charge < -0.3 is 15.8 Å². The summed E-state index contributed by atoms with van der Waals surface area (Å²) in [5.41, 5.74) is 6.68. The molecule has 110 valence electrons. The Morgan fingerprint density at radius 3 is 2.90 bits per heavy atom. The summed E-state index contributed by atoms with van der Waals surface area (Å²) in [4.78, 5) is 25.1. The summed E-state index contributed by atoms with van der Waals surface area (Å²) in [6.07, 6.45) is 2.05. The van der Waals surface area contributed by atoms with Crippen molar-refractivity contribution in [2.45, 2.75) is 18.4 Å². The maximum atomic E-state index is 12.7. The summed E-state index contributed by atoms with van der Waals surface area (Å²) in [5.74, 6) is -1.36. The second-order valence-electron chi connectivity index (χ2n) is 5.66. The van der Waals surface area contributed by atoms with E-state index in [2.05, 4.69) is 11.9 Å². The van der Waals surface area contributed by atoms with E-state index < -0.39 is 17.3 Å². The van der Waals surface area contributed by atoms with Crippen LogP contribution in [0.2, 0.25) is 0 Å². The average molecular weight is 286 g/mol. The number of esters is 1. The molecule has 3 rings (SSSR count). The van der Waals surface area contributed by atoms with Crippen LogP contribution in [-0.2, 0) is 14.3 Å². The normalized spacial score (nSPS) is 33.6. The van der Waals surface area contributed by atoms with Gasteiger partial charge in [0.15, 0.2) is 5.41 Å². The molecule has 3 N–H and O–H groups in total. The number of carbonyl (C=O) groups excluding carboxylic acids is 2. The molecule has 1 heterocycles. The highest BCUT2D eigenvalue weighted by Gasteiger charge is 2.64. The van der Waals surface area contributed by atoms with Gasteiger partial charge in [-0.3, -0.25) is 9.59 Å². The average Bonchev–Trinajstić information content (AvgIpc) is 2.81. The van der Waals surface area contributed by atoms with Crippen LogP contribution < -0.4 is 11.1 Å². The van der Waals surface area contributed by atoms with Crippen molar-refractivity contribution < 1.29 is 14.3 Å². The summed E-state index contributed by atoms with van der Waals surface area (Å²) in [7, 11) is 1.30. The fourth-order valence-electron chi connectivity index (χ4n) is 3.76. The maximum absolute atomic E-state index is 12.7. The molecule has 2 aliphatic rings. The summed E-state index contributed by atoms with van der Waals surface area (Å²) in [6, 6.07) is 7.11. The number of para-hydroxylation sites is 1. The molecule has 4 atom stereocenters. The summed E-state index contributed by atoms with van der Waals surface area (Å²) in [6.45, 7) is 3.78. The molecule has 5 heteroatoms. The van der Waals surface area contributed by atoms with Gasteiger partial charge in [0.1, 0.15) is 0 Å². The molecule has 21 heavy (non-hydrogen) atoms. The number of hydrogen-bond donors (Lipinski definition) is 2. The zero-order valence-corrected chi connectivity index (χ0v) is 11.8. The smallest absolute Gasteiger partial charge is 0.322 e. The minimum Gasteiger partial charge on any atom is -0.468 e. The lowest BCUT2D eigenvalue weighted by Crippen LogP contribution is -2.51. The van der Waals surface area contributed by atoms with E-state index in [9.17, 15) is 9.59 Å². The molecule has 1 saturated carbocycles. The Labute approximate surface area is 123 Å². The van der Waals surface area contributed by atoms with Gasteiger partial charge in [-0.2, -0.15) is 0 Å². The minimum atomic E-state index is -1.26. The Hall–Kier alpha value is -2.14. The first-order chi connectivity index (χ1) is 10.1. The Balaban J connectivity index is 2.23. The molecular formula is C16H18N2O3. The van der Waals surface area contributed by atoms with E-state index in [1.165, 1.54) is 7.11 Å². The zero-order valence-electron chi connectivity index (χ0n) is 11.8. The van der Waals surface area contributed by atoms with Gasteiger partial charge >= 0.3 is 5.97 Å². The quantitative estimate of drug-likeness (QED) is 0.489. The molecule has 1 aliphatic carbocycles. The van der Waals surface area contributed by atoms with Gasteiger partial charge in [-0.25, -0.2) is 0 Å². The van der Waals surface area contributed by atoms with Crippen LogP contribution in [0.15, 0.2) is 36.9 Å². The third kappa shape index (κ3) is 1.67. The topological polar surface area (TPSA) is 81.4 Å². The van der Waals surface area contributed by atoms with Crippen molar-refractivity contribution in [2.75, 3.05) is 12.4 Å². The lowest BCUT2D eigenvalue weighted by atomic mass is 9.70. The first-order valence-corrected chi connectivity index (χ1v) is 6.93. The number of nitrogens with one attached hydrogen (secondary N) is 1. The predicted octanol–water partition coefficient (Wildman–Crippen LogP) is 1.41.